The fourth-order valence-electron chi connectivity index (χ4n) is 2.26. The van der Waals surface area contributed by atoms with Crippen LogP contribution in [0.3, 0.4) is 0 Å². The first-order chi connectivity index (χ1) is 7.81. The van der Waals surface area contributed by atoms with Gasteiger partial charge >= 0.3 is 0 Å². The molecule has 0 radical (unpaired) electrons. The van der Waals surface area contributed by atoms with Crippen molar-refractivity contribution in [2.75, 3.05) is 23.3 Å². The van der Waals surface area contributed by atoms with E-state index in [2.05, 4.69) is 45.1 Å². The normalized spacial score (nSPS) is 17.8. The summed E-state index contributed by atoms with van der Waals surface area (Å²) in [5, 5.41) is 10.4. The fourth-order valence-corrected chi connectivity index (χ4v) is 2.47. The van der Waals surface area contributed by atoms with Crippen molar-refractivity contribution in [3.8, 4) is 0 Å². The van der Waals surface area contributed by atoms with Crippen LogP contribution in [0.5, 0.6) is 0 Å². The van der Waals surface area contributed by atoms with Crippen molar-refractivity contribution < 1.29 is 5.11 Å². The van der Waals surface area contributed by atoms with Crippen LogP contribution in [0.1, 0.15) is 18.4 Å². The Morgan fingerprint density at radius 1 is 1.31 bits per heavy atom. The minimum Gasteiger partial charge on any atom is -0.390 e. The molecule has 88 valence electrons. The largest absolute Gasteiger partial charge is 0.390 e. The smallest absolute Gasteiger partial charge is 0.0811 e. The highest BCUT2D eigenvalue weighted by Crippen LogP contribution is 2.26. The quantitative estimate of drug-likeness (QED) is 0.862. The molecule has 0 saturated heterocycles. The van der Waals surface area contributed by atoms with E-state index in [0.717, 1.165) is 19.5 Å². The number of benzene rings is 1. The Hall–Kier alpha value is -0.540. The standard InChI is InChI=1S/C13H18BrNO/c14-9-12(16)10-15-8-4-3-6-11-5-1-2-7-13(11)15/h1-2,5,7,12,16H,3-4,6,8-10H2. The molecule has 1 heterocycles. The number of halogens is 1. The lowest BCUT2D eigenvalue weighted by Crippen LogP contribution is -2.33. The van der Waals surface area contributed by atoms with Crippen molar-refractivity contribution >= 4 is 21.6 Å². The minimum absolute atomic E-state index is 0.286. The molecule has 3 heteroatoms. The summed E-state index contributed by atoms with van der Waals surface area (Å²) in [6.45, 7) is 1.78. The average molecular weight is 284 g/mol. The third kappa shape index (κ3) is 2.77. The monoisotopic (exact) mass is 283 g/mol. The lowest BCUT2D eigenvalue weighted by Gasteiger charge is -2.26. The molecule has 1 aromatic rings. The third-order valence-electron chi connectivity index (χ3n) is 3.07. The van der Waals surface area contributed by atoms with Gasteiger partial charge in [0.05, 0.1) is 6.10 Å². The summed E-state index contributed by atoms with van der Waals surface area (Å²) in [5.41, 5.74) is 2.72. The van der Waals surface area contributed by atoms with Crippen LogP contribution >= 0.6 is 15.9 Å². The predicted octanol–water partition coefficient (Wildman–Crippen LogP) is 2.59. The molecule has 0 aromatic heterocycles. The molecule has 16 heavy (non-hydrogen) atoms. The van der Waals surface area contributed by atoms with Gasteiger partial charge in [-0.25, -0.2) is 0 Å². The number of nitrogens with zero attached hydrogens (tertiary/aromatic N) is 1. The van der Waals surface area contributed by atoms with Crippen LogP contribution in [0.25, 0.3) is 0 Å². The molecule has 0 bridgehead atoms. The number of anilines is 1. The van der Waals surface area contributed by atoms with E-state index < -0.39 is 0 Å². The third-order valence-corrected chi connectivity index (χ3v) is 3.81. The van der Waals surface area contributed by atoms with Crippen LogP contribution in [-0.4, -0.2) is 29.6 Å². The first kappa shape index (κ1) is 11.9. The summed E-state index contributed by atoms with van der Waals surface area (Å²) < 4.78 is 0. The minimum atomic E-state index is -0.286. The molecule has 2 nitrogen and oxygen atoms in total. The number of β-amino-alcohol motifs (C(OH)–C–C–N with tert-alkyl or cyclic N) is 1. The predicted molar refractivity (Wildman–Crippen MR) is 71.4 cm³/mol. The highest BCUT2D eigenvalue weighted by atomic mass is 79.9. The Balaban J connectivity index is 2.19. The van der Waals surface area contributed by atoms with E-state index in [4.69, 9.17) is 0 Å². The van der Waals surface area contributed by atoms with E-state index in [1.165, 1.54) is 24.1 Å². The fraction of sp³-hybridized carbons (Fsp3) is 0.538. The van der Waals surface area contributed by atoms with Gasteiger partial charge in [0, 0.05) is 24.1 Å². The lowest BCUT2D eigenvalue weighted by molar-refractivity contribution is 0.205. The summed E-state index contributed by atoms with van der Waals surface area (Å²) in [5.74, 6) is 0. The molecule has 0 spiro atoms. The SMILES string of the molecule is OC(CBr)CN1CCCCc2ccccc21. The molecule has 0 fully saturated rings. The molecular formula is C13H18BrNO. The van der Waals surface area contributed by atoms with Crippen molar-refractivity contribution in [2.24, 2.45) is 0 Å². The van der Waals surface area contributed by atoms with E-state index in [0.29, 0.717) is 5.33 Å². The van der Waals surface area contributed by atoms with E-state index in [9.17, 15) is 5.11 Å². The summed E-state index contributed by atoms with van der Waals surface area (Å²) in [7, 11) is 0. The van der Waals surface area contributed by atoms with Gasteiger partial charge < -0.3 is 10.0 Å². The Morgan fingerprint density at radius 3 is 2.94 bits per heavy atom. The number of aliphatic hydroxyl groups is 1. The maximum absolute atomic E-state index is 9.74. The molecule has 1 aliphatic heterocycles. The maximum atomic E-state index is 9.74. The second kappa shape index (κ2) is 5.69. The van der Waals surface area contributed by atoms with E-state index in [-0.39, 0.29) is 6.10 Å². The van der Waals surface area contributed by atoms with Gasteiger partial charge in [0.25, 0.3) is 0 Å². The van der Waals surface area contributed by atoms with E-state index in [1.54, 1.807) is 0 Å². The number of rotatable bonds is 3. The van der Waals surface area contributed by atoms with Crippen LogP contribution in [0.15, 0.2) is 24.3 Å². The molecule has 0 aliphatic carbocycles. The first-order valence-electron chi connectivity index (χ1n) is 5.88. The number of aliphatic hydroxyl groups excluding tert-OH is 1. The number of para-hydroxylation sites is 1. The molecule has 2 rings (SSSR count). The molecule has 1 atom stereocenters. The van der Waals surface area contributed by atoms with Crippen molar-refractivity contribution in [3.63, 3.8) is 0 Å². The lowest BCUT2D eigenvalue weighted by atomic mass is 10.1. The van der Waals surface area contributed by atoms with Gasteiger partial charge in [0.1, 0.15) is 0 Å². The summed E-state index contributed by atoms with van der Waals surface area (Å²) in [6.07, 6.45) is 3.34. The number of fused-ring (bicyclic) bond motifs is 1. The van der Waals surface area contributed by atoms with Gasteiger partial charge in [0.2, 0.25) is 0 Å². The first-order valence-corrected chi connectivity index (χ1v) is 7.00. The Bertz CT molecular complexity index is 342. The Morgan fingerprint density at radius 2 is 2.12 bits per heavy atom. The van der Waals surface area contributed by atoms with Crippen molar-refractivity contribution in [2.45, 2.75) is 25.4 Å². The number of hydrogen-bond acceptors (Lipinski definition) is 2. The Labute approximate surface area is 105 Å². The van der Waals surface area contributed by atoms with E-state index in [1.807, 2.05) is 0 Å². The molecule has 0 saturated carbocycles. The maximum Gasteiger partial charge on any atom is 0.0811 e. The van der Waals surface area contributed by atoms with Crippen molar-refractivity contribution in [1.29, 1.82) is 0 Å². The molecule has 1 unspecified atom stereocenters. The zero-order valence-electron chi connectivity index (χ0n) is 9.40. The zero-order chi connectivity index (χ0) is 11.4. The number of hydrogen-bond donors (Lipinski definition) is 1. The van der Waals surface area contributed by atoms with Gasteiger partial charge in [-0.05, 0) is 30.9 Å². The number of aryl methyl sites for hydroxylation is 1. The van der Waals surface area contributed by atoms with Gasteiger partial charge in [-0.3, -0.25) is 0 Å². The number of alkyl halides is 1. The van der Waals surface area contributed by atoms with Crippen LogP contribution < -0.4 is 4.90 Å². The zero-order valence-corrected chi connectivity index (χ0v) is 11.0. The Kier molecular flexibility index (Phi) is 4.24. The highest BCUT2D eigenvalue weighted by molar-refractivity contribution is 9.09. The summed E-state index contributed by atoms with van der Waals surface area (Å²) in [6, 6.07) is 8.55. The van der Waals surface area contributed by atoms with Crippen LogP contribution in [0.4, 0.5) is 5.69 Å². The molecular weight excluding hydrogens is 266 g/mol. The molecule has 1 aromatic carbocycles. The second-order valence-corrected chi connectivity index (χ2v) is 4.99. The van der Waals surface area contributed by atoms with Crippen LogP contribution in [0, 0.1) is 0 Å². The molecule has 1 aliphatic rings. The highest BCUT2D eigenvalue weighted by Gasteiger charge is 2.16. The van der Waals surface area contributed by atoms with Gasteiger partial charge in [-0.1, -0.05) is 34.1 Å². The second-order valence-electron chi connectivity index (χ2n) is 4.34. The van der Waals surface area contributed by atoms with Crippen LogP contribution in [0.2, 0.25) is 0 Å². The van der Waals surface area contributed by atoms with E-state index >= 15 is 0 Å². The topological polar surface area (TPSA) is 23.5 Å². The molecule has 1 N–H and O–H groups in total. The van der Waals surface area contributed by atoms with Gasteiger partial charge in [0.15, 0.2) is 0 Å². The molecule has 0 amide bonds. The van der Waals surface area contributed by atoms with Gasteiger partial charge in [-0.15, -0.1) is 0 Å². The van der Waals surface area contributed by atoms with Crippen LogP contribution in [-0.2, 0) is 6.42 Å². The van der Waals surface area contributed by atoms with Gasteiger partial charge in [-0.2, -0.15) is 0 Å². The average Bonchev–Trinajstić information content (AvgIpc) is 2.52. The van der Waals surface area contributed by atoms with Crippen molar-refractivity contribution in [3.05, 3.63) is 29.8 Å². The summed E-state index contributed by atoms with van der Waals surface area (Å²) in [4.78, 5) is 2.31. The summed E-state index contributed by atoms with van der Waals surface area (Å²) >= 11 is 3.32. The van der Waals surface area contributed by atoms with Crippen molar-refractivity contribution in [1.82, 2.24) is 0 Å².